The van der Waals surface area contributed by atoms with Gasteiger partial charge in [-0.15, -0.1) is 0 Å². The van der Waals surface area contributed by atoms with Crippen molar-refractivity contribution in [3.8, 4) is 11.1 Å². The van der Waals surface area contributed by atoms with Crippen LogP contribution in [0.3, 0.4) is 0 Å². The smallest absolute Gasteiger partial charge is 0.193 e. The van der Waals surface area contributed by atoms with Crippen molar-refractivity contribution < 1.29 is 0 Å². The summed E-state index contributed by atoms with van der Waals surface area (Å²) in [4.78, 5) is 0. The highest BCUT2D eigenvalue weighted by Crippen LogP contribution is 2.64. The molecule has 2 spiro atoms. The monoisotopic (exact) mass is 522 g/mol. The van der Waals surface area contributed by atoms with E-state index in [-0.39, 0.29) is 16.8 Å². The highest BCUT2D eigenvalue weighted by molar-refractivity contribution is 7.10. The SMILES string of the molecule is ClB1C23CCCCCCC2=C2CCCCCCC2=C2CCCCCCC12c1ccccc1-c1ccccc13. The Balaban J connectivity index is 1.66. The van der Waals surface area contributed by atoms with Gasteiger partial charge < -0.3 is 0 Å². The molecule has 2 aliphatic heterocycles. The minimum absolute atomic E-state index is 0.0711. The zero-order valence-electron chi connectivity index (χ0n) is 23.3. The molecular weight excluding hydrogens is 479 g/mol. The summed E-state index contributed by atoms with van der Waals surface area (Å²) in [6, 6.07) is 19.1. The zero-order valence-corrected chi connectivity index (χ0v) is 24.1. The molecule has 7 rings (SSSR count). The van der Waals surface area contributed by atoms with E-state index in [1.165, 1.54) is 127 Å². The summed E-state index contributed by atoms with van der Waals surface area (Å²) < 4.78 is 0. The molecule has 3 saturated carbocycles. The molecule has 2 atom stereocenters. The van der Waals surface area contributed by atoms with Gasteiger partial charge in [-0.2, -0.15) is 11.5 Å². The first-order valence-electron chi connectivity index (χ1n) is 16.1. The van der Waals surface area contributed by atoms with Crippen molar-refractivity contribution in [1.82, 2.24) is 0 Å². The van der Waals surface area contributed by atoms with Crippen LogP contribution in [0.5, 0.6) is 0 Å². The summed E-state index contributed by atoms with van der Waals surface area (Å²) in [7, 11) is 0. The van der Waals surface area contributed by atoms with Crippen LogP contribution in [0.15, 0.2) is 70.8 Å². The van der Waals surface area contributed by atoms with E-state index in [2.05, 4.69) is 48.5 Å². The maximum absolute atomic E-state index is 8.41. The van der Waals surface area contributed by atoms with Gasteiger partial charge in [0.15, 0.2) is 0 Å². The molecule has 0 saturated heterocycles. The van der Waals surface area contributed by atoms with Crippen molar-refractivity contribution in [2.75, 3.05) is 0 Å². The number of hydrogen-bond donors (Lipinski definition) is 0. The predicted molar refractivity (Wildman–Crippen MR) is 164 cm³/mol. The standard InChI is InChI=1S/C36H44BCl/c38-37-35-25-15-5-3-9-21-31(35)27-17-7-1-2-8-18-28(27)32-22-10-4-6-16-26-36(32,37)34-24-14-12-20-30(34)29-19-11-13-23-33(29)35/h11-14,19-20,23-24H,1-10,15-18,21-22,25-26H2. The number of allylic oxidation sites excluding steroid dienone is 4. The molecule has 0 aromatic heterocycles. The molecule has 5 aliphatic rings. The summed E-state index contributed by atoms with van der Waals surface area (Å²) in [5.41, 5.74) is 13.2. The molecule has 2 heterocycles. The molecule has 0 amide bonds. The molecule has 38 heavy (non-hydrogen) atoms. The van der Waals surface area contributed by atoms with Crippen LogP contribution >= 0.6 is 11.5 Å². The van der Waals surface area contributed by atoms with Gasteiger partial charge in [-0.25, -0.2) is 0 Å². The Morgan fingerprint density at radius 2 is 0.868 bits per heavy atom. The van der Waals surface area contributed by atoms with Crippen molar-refractivity contribution in [2.45, 2.75) is 126 Å². The lowest BCUT2D eigenvalue weighted by molar-refractivity contribution is 0.456. The van der Waals surface area contributed by atoms with E-state index in [1.54, 1.807) is 33.4 Å². The number of hydrogen-bond acceptors (Lipinski definition) is 0. The van der Waals surface area contributed by atoms with Crippen LogP contribution in [0.25, 0.3) is 11.1 Å². The molecule has 2 unspecified atom stereocenters. The van der Waals surface area contributed by atoms with E-state index in [1.807, 2.05) is 0 Å². The van der Waals surface area contributed by atoms with Crippen LogP contribution < -0.4 is 0 Å². The summed E-state index contributed by atoms with van der Waals surface area (Å²) in [5.74, 6) is 0. The summed E-state index contributed by atoms with van der Waals surface area (Å²) >= 11 is 8.41. The third-order valence-corrected chi connectivity index (χ3v) is 12.0. The molecule has 198 valence electrons. The van der Waals surface area contributed by atoms with Gasteiger partial charge in [0.05, 0.1) is 0 Å². The fourth-order valence-corrected chi connectivity index (χ4v) is 10.4. The first-order valence-corrected chi connectivity index (χ1v) is 16.5. The highest BCUT2D eigenvalue weighted by atomic mass is 35.5. The first kappa shape index (κ1) is 25.3. The molecule has 0 nitrogen and oxygen atoms in total. The van der Waals surface area contributed by atoms with Crippen LogP contribution in [-0.4, -0.2) is 6.13 Å². The molecule has 3 aliphatic carbocycles. The average molecular weight is 523 g/mol. The highest BCUT2D eigenvalue weighted by Gasteiger charge is 2.62. The van der Waals surface area contributed by atoms with Crippen LogP contribution in [0.2, 0.25) is 0 Å². The maximum atomic E-state index is 8.41. The number of fused-ring (bicyclic) bond motifs is 4. The van der Waals surface area contributed by atoms with Crippen molar-refractivity contribution in [1.29, 1.82) is 0 Å². The number of benzene rings is 2. The Labute approximate surface area is 236 Å². The minimum Gasteiger partial charge on any atom is -0.193 e. The zero-order chi connectivity index (χ0) is 25.6. The van der Waals surface area contributed by atoms with Crippen LogP contribution in [0, 0.1) is 0 Å². The second kappa shape index (κ2) is 10.4. The molecule has 0 N–H and O–H groups in total. The van der Waals surface area contributed by atoms with Crippen molar-refractivity contribution in [3.05, 3.63) is 82.0 Å². The van der Waals surface area contributed by atoms with Gasteiger partial charge >= 0.3 is 0 Å². The minimum atomic E-state index is -0.0711. The van der Waals surface area contributed by atoms with Crippen molar-refractivity contribution >= 4 is 17.6 Å². The third kappa shape index (κ3) is 3.70. The fourth-order valence-electron chi connectivity index (χ4n) is 9.69. The van der Waals surface area contributed by atoms with E-state index in [4.69, 9.17) is 11.5 Å². The number of rotatable bonds is 0. The van der Waals surface area contributed by atoms with Gasteiger partial charge in [0.1, 0.15) is 0 Å². The lowest BCUT2D eigenvalue weighted by atomic mass is 9.30. The van der Waals surface area contributed by atoms with Gasteiger partial charge in [0, 0.05) is 10.6 Å². The Morgan fingerprint density at radius 3 is 1.34 bits per heavy atom. The quantitative estimate of drug-likeness (QED) is 0.302. The van der Waals surface area contributed by atoms with E-state index in [0.29, 0.717) is 0 Å². The van der Waals surface area contributed by atoms with Crippen molar-refractivity contribution in [2.24, 2.45) is 0 Å². The van der Waals surface area contributed by atoms with Gasteiger partial charge in [0.2, 0.25) is 0 Å². The molecule has 2 bridgehead atoms. The summed E-state index contributed by atoms with van der Waals surface area (Å²) in [6.45, 7) is 0. The van der Waals surface area contributed by atoms with Gasteiger partial charge in [-0.1, -0.05) is 111 Å². The van der Waals surface area contributed by atoms with Crippen molar-refractivity contribution in [3.63, 3.8) is 0 Å². The molecule has 2 aromatic carbocycles. The lowest BCUT2D eigenvalue weighted by Crippen LogP contribution is -2.55. The van der Waals surface area contributed by atoms with Gasteiger partial charge in [-0.05, 0) is 97.6 Å². The van der Waals surface area contributed by atoms with Crippen LogP contribution in [-0.2, 0) is 10.6 Å². The Bertz CT molecular complexity index is 1170. The lowest BCUT2D eigenvalue weighted by Gasteiger charge is -2.48. The Kier molecular flexibility index (Phi) is 6.88. The third-order valence-electron chi connectivity index (χ3n) is 11.2. The topological polar surface area (TPSA) is 0 Å². The van der Waals surface area contributed by atoms with E-state index in [9.17, 15) is 0 Å². The average Bonchev–Trinajstić information content (AvgIpc) is 3.01. The molecule has 0 radical (unpaired) electrons. The summed E-state index contributed by atoms with van der Waals surface area (Å²) in [5, 5.41) is -0.142. The van der Waals surface area contributed by atoms with E-state index in [0.717, 1.165) is 0 Å². The summed E-state index contributed by atoms with van der Waals surface area (Å²) in [6.07, 6.45) is 23.7. The first-order chi connectivity index (χ1) is 18.8. The van der Waals surface area contributed by atoms with E-state index >= 15 is 0 Å². The number of halogens is 1. The maximum Gasteiger partial charge on any atom is 0.280 e. The molecule has 2 heteroatoms. The predicted octanol–water partition coefficient (Wildman–Crippen LogP) is 10.8. The molecule has 3 fully saturated rings. The van der Waals surface area contributed by atoms with E-state index < -0.39 is 0 Å². The van der Waals surface area contributed by atoms with Crippen LogP contribution in [0.4, 0.5) is 0 Å². The second-order valence-corrected chi connectivity index (χ2v) is 13.5. The Morgan fingerprint density at radius 1 is 0.474 bits per heavy atom. The van der Waals surface area contributed by atoms with Gasteiger partial charge in [0.25, 0.3) is 6.13 Å². The van der Waals surface area contributed by atoms with Crippen LogP contribution in [0.1, 0.15) is 127 Å². The molecule has 2 aromatic rings. The fraction of sp³-hybridized carbons (Fsp3) is 0.556. The largest absolute Gasteiger partial charge is 0.280 e. The Hall–Kier alpha value is -1.73. The van der Waals surface area contributed by atoms with Gasteiger partial charge in [-0.3, -0.25) is 0 Å². The molecular formula is C36H44BCl. The second-order valence-electron chi connectivity index (χ2n) is 13.1. The normalized spacial score (nSPS) is 29.9.